The quantitative estimate of drug-likeness (QED) is 0.800. The Balaban J connectivity index is 2.60. The van der Waals surface area contributed by atoms with Crippen LogP contribution in [0.15, 0.2) is 0 Å². The number of carboxylic acids is 1. The van der Waals surface area contributed by atoms with Gasteiger partial charge in [-0.15, -0.1) is 0 Å². The van der Waals surface area contributed by atoms with Crippen LogP contribution in [-0.2, 0) is 9.53 Å². The van der Waals surface area contributed by atoms with Crippen LogP contribution in [0.1, 0.15) is 33.6 Å². The molecule has 4 heteroatoms. The molecule has 1 saturated heterocycles. The van der Waals surface area contributed by atoms with E-state index in [2.05, 4.69) is 11.8 Å². The predicted molar refractivity (Wildman–Crippen MR) is 67.1 cm³/mol. The van der Waals surface area contributed by atoms with Gasteiger partial charge >= 0.3 is 5.97 Å². The summed E-state index contributed by atoms with van der Waals surface area (Å²) in [6, 6.07) is 0. The van der Waals surface area contributed by atoms with Gasteiger partial charge in [-0.25, -0.2) is 0 Å². The third kappa shape index (κ3) is 3.42. The van der Waals surface area contributed by atoms with Crippen molar-refractivity contribution >= 4 is 5.97 Å². The molecule has 1 aliphatic rings. The second kappa shape index (κ2) is 5.83. The van der Waals surface area contributed by atoms with E-state index in [4.69, 9.17) is 4.74 Å². The Morgan fingerprint density at radius 2 is 2.24 bits per heavy atom. The van der Waals surface area contributed by atoms with Crippen LogP contribution in [0.5, 0.6) is 0 Å². The zero-order chi connectivity index (χ0) is 13.1. The SMILES string of the molecule is CCC(C)(CN1CCC(C)C(OC)C1)C(=O)O. The molecule has 1 heterocycles. The van der Waals surface area contributed by atoms with Gasteiger partial charge in [0.15, 0.2) is 0 Å². The number of hydrogen-bond acceptors (Lipinski definition) is 3. The summed E-state index contributed by atoms with van der Waals surface area (Å²) in [4.78, 5) is 13.5. The average molecular weight is 243 g/mol. The number of piperidine rings is 1. The molecule has 4 nitrogen and oxygen atoms in total. The summed E-state index contributed by atoms with van der Waals surface area (Å²) in [5, 5.41) is 9.28. The molecule has 0 aromatic rings. The van der Waals surface area contributed by atoms with Gasteiger partial charge in [-0.05, 0) is 32.2 Å². The van der Waals surface area contributed by atoms with E-state index < -0.39 is 11.4 Å². The average Bonchev–Trinajstić information content (AvgIpc) is 2.31. The molecule has 1 aliphatic heterocycles. The molecule has 3 unspecified atom stereocenters. The van der Waals surface area contributed by atoms with E-state index in [0.29, 0.717) is 18.9 Å². The summed E-state index contributed by atoms with van der Waals surface area (Å²) in [7, 11) is 1.74. The number of ether oxygens (including phenoxy) is 1. The fourth-order valence-electron chi connectivity index (χ4n) is 2.37. The molecule has 0 amide bonds. The van der Waals surface area contributed by atoms with Crippen molar-refractivity contribution in [2.24, 2.45) is 11.3 Å². The standard InChI is InChI=1S/C13H25NO3/c1-5-13(3,12(15)16)9-14-7-6-10(2)11(8-14)17-4/h10-11H,5-9H2,1-4H3,(H,15,16). The Bertz CT molecular complexity index is 269. The van der Waals surface area contributed by atoms with Gasteiger partial charge in [0.05, 0.1) is 11.5 Å². The molecular weight excluding hydrogens is 218 g/mol. The fourth-order valence-corrected chi connectivity index (χ4v) is 2.37. The van der Waals surface area contributed by atoms with Crippen molar-refractivity contribution in [1.29, 1.82) is 0 Å². The van der Waals surface area contributed by atoms with Crippen molar-refractivity contribution in [3.05, 3.63) is 0 Å². The maximum Gasteiger partial charge on any atom is 0.310 e. The van der Waals surface area contributed by atoms with Crippen molar-refractivity contribution in [3.8, 4) is 0 Å². The Labute approximate surface area is 104 Å². The minimum absolute atomic E-state index is 0.235. The number of rotatable bonds is 5. The van der Waals surface area contributed by atoms with E-state index in [0.717, 1.165) is 19.5 Å². The van der Waals surface area contributed by atoms with Gasteiger partial charge < -0.3 is 9.84 Å². The maximum absolute atomic E-state index is 11.3. The normalized spacial score (nSPS) is 29.9. The highest BCUT2D eigenvalue weighted by molar-refractivity contribution is 5.74. The third-order valence-corrected chi connectivity index (χ3v) is 4.15. The molecule has 0 bridgehead atoms. The van der Waals surface area contributed by atoms with Gasteiger partial charge in [-0.2, -0.15) is 0 Å². The molecule has 1 fully saturated rings. The molecule has 0 saturated carbocycles. The Kier molecular flexibility index (Phi) is 4.95. The summed E-state index contributed by atoms with van der Waals surface area (Å²) in [6.07, 6.45) is 1.97. The summed E-state index contributed by atoms with van der Waals surface area (Å²) in [6.45, 7) is 8.40. The number of likely N-dealkylation sites (tertiary alicyclic amines) is 1. The zero-order valence-corrected chi connectivity index (χ0v) is 11.4. The van der Waals surface area contributed by atoms with E-state index >= 15 is 0 Å². The smallest absolute Gasteiger partial charge is 0.310 e. The van der Waals surface area contributed by atoms with E-state index in [1.165, 1.54) is 0 Å². The number of aliphatic carboxylic acids is 1. The van der Waals surface area contributed by atoms with Crippen LogP contribution in [-0.4, -0.2) is 48.8 Å². The summed E-state index contributed by atoms with van der Waals surface area (Å²) < 4.78 is 5.45. The van der Waals surface area contributed by atoms with E-state index in [1.54, 1.807) is 7.11 Å². The van der Waals surface area contributed by atoms with Crippen LogP contribution in [0.3, 0.4) is 0 Å². The molecule has 0 aromatic heterocycles. The number of hydrogen-bond donors (Lipinski definition) is 1. The molecule has 0 spiro atoms. The molecule has 0 aliphatic carbocycles. The summed E-state index contributed by atoms with van der Waals surface area (Å²) in [5.74, 6) is -0.137. The molecule has 0 aromatic carbocycles. The van der Waals surface area contributed by atoms with Crippen molar-refractivity contribution in [1.82, 2.24) is 4.90 Å². The maximum atomic E-state index is 11.3. The van der Waals surface area contributed by atoms with Gasteiger partial charge in [0, 0.05) is 20.2 Å². The Hall–Kier alpha value is -0.610. The molecule has 3 atom stereocenters. The molecule has 100 valence electrons. The fraction of sp³-hybridized carbons (Fsp3) is 0.923. The van der Waals surface area contributed by atoms with Crippen LogP contribution in [0.4, 0.5) is 0 Å². The predicted octanol–water partition coefficient (Wildman–Crippen LogP) is 1.84. The zero-order valence-electron chi connectivity index (χ0n) is 11.4. The first-order chi connectivity index (χ1) is 7.92. The summed E-state index contributed by atoms with van der Waals surface area (Å²) in [5.41, 5.74) is -0.640. The van der Waals surface area contributed by atoms with Crippen molar-refractivity contribution in [3.63, 3.8) is 0 Å². The van der Waals surface area contributed by atoms with Gasteiger partial charge in [0.2, 0.25) is 0 Å². The monoisotopic (exact) mass is 243 g/mol. The highest BCUT2D eigenvalue weighted by atomic mass is 16.5. The Morgan fingerprint density at radius 1 is 1.59 bits per heavy atom. The van der Waals surface area contributed by atoms with Crippen LogP contribution in [0, 0.1) is 11.3 Å². The number of carbonyl (C=O) groups is 1. The van der Waals surface area contributed by atoms with E-state index in [-0.39, 0.29) is 6.10 Å². The Morgan fingerprint density at radius 3 is 2.71 bits per heavy atom. The second-order valence-corrected chi connectivity index (χ2v) is 5.49. The molecular formula is C13H25NO3. The minimum atomic E-state index is -0.701. The van der Waals surface area contributed by atoms with E-state index in [9.17, 15) is 9.90 Å². The lowest BCUT2D eigenvalue weighted by Crippen LogP contribution is -2.49. The highest BCUT2D eigenvalue weighted by Crippen LogP contribution is 2.26. The van der Waals surface area contributed by atoms with Crippen LogP contribution in [0.2, 0.25) is 0 Å². The van der Waals surface area contributed by atoms with Crippen LogP contribution < -0.4 is 0 Å². The van der Waals surface area contributed by atoms with Gasteiger partial charge in [0.25, 0.3) is 0 Å². The lowest BCUT2D eigenvalue weighted by molar-refractivity contribution is -0.150. The molecule has 17 heavy (non-hydrogen) atoms. The van der Waals surface area contributed by atoms with Gasteiger partial charge in [-0.3, -0.25) is 9.69 Å². The number of methoxy groups -OCH3 is 1. The first-order valence-corrected chi connectivity index (χ1v) is 6.41. The molecule has 1 N–H and O–H groups in total. The minimum Gasteiger partial charge on any atom is -0.481 e. The first-order valence-electron chi connectivity index (χ1n) is 6.41. The second-order valence-electron chi connectivity index (χ2n) is 5.49. The highest BCUT2D eigenvalue weighted by Gasteiger charge is 2.36. The van der Waals surface area contributed by atoms with E-state index in [1.807, 2.05) is 13.8 Å². The summed E-state index contributed by atoms with van der Waals surface area (Å²) >= 11 is 0. The lowest BCUT2D eigenvalue weighted by Gasteiger charge is -2.39. The van der Waals surface area contributed by atoms with Crippen LogP contribution in [0.25, 0.3) is 0 Å². The lowest BCUT2D eigenvalue weighted by atomic mass is 9.85. The molecule has 1 rings (SSSR count). The number of carboxylic acid groups (broad SMARTS) is 1. The van der Waals surface area contributed by atoms with Crippen molar-refractivity contribution < 1.29 is 14.6 Å². The van der Waals surface area contributed by atoms with Gasteiger partial charge in [0.1, 0.15) is 0 Å². The third-order valence-electron chi connectivity index (χ3n) is 4.15. The molecule has 0 radical (unpaired) electrons. The first kappa shape index (κ1) is 14.5. The van der Waals surface area contributed by atoms with Crippen molar-refractivity contribution in [2.75, 3.05) is 26.7 Å². The largest absolute Gasteiger partial charge is 0.481 e. The van der Waals surface area contributed by atoms with Crippen molar-refractivity contribution in [2.45, 2.75) is 39.7 Å². The van der Waals surface area contributed by atoms with Crippen LogP contribution >= 0.6 is 0 Å². The number of nitrogens with zero attached hydrogens (tertiary/aromatic N) is 1. The topological polar surface area (TPSA) is 49.8 Å². The van der Waals surface area contributed by atoms with Gasteiger partial charge in [-0.1, -0.05) is 13.8 Å².